The Kier molecular flexibility index (Phi) is 5.26. The van der Waals surface area contributed by atoms with Gasteiger partial charge in [0.1, 0.15) is 0 Å². The van der Waals surface area contributed by atoms with Crippen molar-refractivity contribution in [1.29, 1.82) is 0 Å². The Labute approximate surface area is 145 Å². The zero-order valence-electron chi connectivity index (χ0n) is 15.3. The molecule has 4 nitrogen and oxygen atoms in total. The summed E-state index contributed by atoms with van der Waals surface area (Å²) in [6.07, 6.45) is 6.14. The molecule has 1 heterocycles. The van der Waals surface area contributed by atoms with E-state index in [1.165, 1.54) is 24.8 Å². The molecule has 132 valence electrons. The molecule has 3 rings (SSSR count). The van der Waals surface area contributed by atoms with Gasteiger partial charge in [0.15, 0.2) is 0 Å². The van der Waals surface area contributed by atoms with Crippen LogP contribution in [-0.2, 0) is 11.3 Å². The summed E-state index contributed by atoms with van der Waals surface area (Å²) < 4.78 is 5.76. The number of amides is 1. The molecule has 1 aromatic carbocycles. The Morgan fingerprint density at radius 1 is 1.33 bits per heavy atom. The number of benzene rings is 1. The SMILES string of the molecule is CO[C@@H]1CCC[C@]12CCCN(C(=O)c1cccc(CN(C)C)c1)C2. The summed E-state index contributed by atoms with van der Waals surface area (Å²) in [6, 6.07) is 8.09. The molecule has 2 fully saturated rings. The Morgan fingerprint density at radius 2 is 2.12 bits per heavy atom. The number of methoxy groups -OCH3 is 1. The van der Waals surface area contributed by atoms with Crippen molar-refractivity contribution in [3.63, 3.8) is 0 Å². The minimum atomic E-state index is 0.177. The number of carbonyl (C=O) groups is 1. The highest BCUT2D eigenvalue weighted by atomic mass is 16.5. The van der Waals surface area contributed by atoms with Crippen LogP contribution in [0.5, 0.6) is 0 Å². The normalized spacial score (nSPS) is 27.2. The van der Waals surface area contributed by atoms with Crippen molar-refractivity contribution in [2.24, 2.45) is 5.41 Å². The van der Waals surface area contributed by atoms with Crippen molar-refractivity contribution < 1.29 is 9.53 Å². The number of hydrogen-bond acceptors (Lipinski definition) is 3. The van der Waals surface area contributed by atoms with E-state index in [1.54, 1.807) is 0 Å². The Hall–Kier alpha value is -1.39. The second kappa shape index (κ2) is 7.24. The van der Waals surface area contributed by atoms with Crippen LogP contribution in [0, 0.1) is 5.41 Å². The first-order valence-corrected chi connectivity index (χ1v) is 9.10. The van der Waals surface area contributed by atoms with Crippen LogP contribution in [0.25, 0.3) is 0 Å². The molecule has 2 aliphatic rings. The topological polar surface area (TPSA) is 32.8 Å². The summed E-state index contributed by atoms with van der Waals surface area (Å²) in [7, 11) is 5.92. The minimum Gasteiger partial charge on any atom is -0.381 e. The third-order valence-corrected chi connectivity index (χ3v) is 5.68. The molecule has 0 radical (unpaired) electrons. The van der Waals surface area contributed by atoms with Crippen molar-refractivity contribution in [3.05, 3.63) is 35.4 Å². The molecule has 24 heavy (non-hydrogen) atoms. The van der Waals surface area contributed by atoms with Gasteiger partial charge in [-0.05, 0) is 57.5 Å². The van der Waals surface area contributed by atoms with Crippen LogP contribution >= 0.6 is 0 Å². The molecule has 1 aliphatic heterocycles. The largest absolute Gasteiger partial charge is 0.381 e. The van der Waals surface area contributed by atoms with Crippen molar-refractivity contribution in [3.8, 4) is 0 Å². The third-order valence-electron chi connectivity index (χ3n) is 5.68. The van der Waals surface area contributed by atoms with E-state index in [9.17, 15) is 4.79 Å². The van der Waals surface area contributed by atoms with E-state index < -0.39 is 0 Å². The van der Waals surface area contributed by atoms with Crippen molar-refractivity contribution in [2.75, 3.05) is 34.3 Å². The van der Waals surface area contributed by atoms with Gasteiger partial charge >= 0.3 is 0 Å². The third kappa shape index (κ3) is 3.50. The predicted octanol–water partition coefficient (Wildman–Crippen LogP) is 3.17. The number of carbonyl (C=O) groups excluding carboxylic acids is 1. The molecule has 1 saturated heterocycles. The number of nitrogens with zero attached hydrogens (tertiary/aromatic N) is 2. The van der Waals surface area contributed by atoms with E-state index in [1.807, 2.05) is 39.4 Å². The number of piperidine rings is 1. The molecule has 4 heteroatoms. The first-order valence-electron chi connectivity index (χ1n) is 9.10. The molecule has 0 unspecified atom stereocenters. The summed E-state index contributed by atoms with van der Waals surface area (Å²) in [5.41, 5.74) is 2.19. The second-order valence-corrected chi connectivity index (χ2v) is 7.75. The molecule has 0 bridgehead atoms. The van der Waals surface area contributed by atoms with Gasteiger partial charge < -0.3 is 14.5 Å². The van der Waals surface area contributed by atoms with Crippen molar-refractivity contribution in [2.45, 2.75) is 44.8 Å². The monoisotopic (exact) mass is 330 g/mol. The van der Waals surface area contributed by atoms with Crippen LogP contribution in [0.3, 0.4) is 0 Å². The van der Waals surface area contributed by atoms with Gasteiger partial charge in [-0.3, -0.25) is 4.79 Å². The number of rotatable bonds is 4. The van der Waals surface area contributed by atoms with E-state index in [0.29, 0.717) is 6.10 Å². The average molecular weight is 330 g/mol. The fraction of sp³-hybridized carbons (Fsp3) is 0.650. The fourth-order valence-electron chi connectivity index (χ4n) is 4.63. The highest BCUT2D eigenvalue weighted by Crippen LogP contribution is 2.46. The Morgan fingerprint density at radius 3 is 2.88 bits per heavy atom. The summed E-state index contributed by atoms with van der Waals surface area (Å²) >= 11 is 0. The van der Waals surface area contributed by atoms with Crippen LogP contribution in [0.2, 0.25) is 0 Å². The molecular weight excluding hydrogens is 300 g/mol. The lowest BCUT2D eigenvalue weighted by molar-refractivity contribution is -0.0295. The average Bonchev–Trinajstić information content (AvgIpc) is 2.95. The van der Waals surface area contributed by atoms with Crippen molar-refractivity contribution in [1.82, 2.24) is 9.80 Å². The summed E-state index contributed by atoms with van der Waals surface area (Å²) in [5.74, 6) is 0.177. The molecule has 1 amide bonds. The highest BCUT2D eigenvalue weighted by molar-refractivity contribution is 5.94. The molecular formula is C20H30N2O2. The van der Waals surface area contributed by atoms with Crippen LogP contribution in [0.15, 0.2) is 24.3 Å². The maximum Gasteiger partial charge on any atom is 0.253 e. The van der Waals surface area contributed by atoms with Gasteiger partial charge in [-0.1, -0.05) is 18.6 Å². The zero-order chi connectivity index (χ0) is 17.2. The summed E-state index contributed by atoms with van der Waals surface area (Å²) in [4.78, 5) is 17.2. The highest BCUT2D eigenvalue weighted by Gasteiger charge is 2.46. The first kappa shape index (κ1) is 17.4. The fourth-order valence-corrected chi connectivity index (χ4v) is 4.63. The van der Waals surface area contributed by atoms with Crippen molar-refractivity contribution >= 4 is 5.91 Å². The van der Waals surface area contributed by atoms with Crippen LogP contribution < -0.4 is 0 Å². The quantitative estimate of drug-likeness (QED) is 0.850. The smallest absolute Gasteiger partial charge is 0.253 e. The summed E-state index contributed by atoms with van der Waals surface area (Å²) in [6.45, 7) is 2.58. The molecule has 0 aromatic heterocycles. The van der Waals surface area contributed by atoms with Gasteiger partial charge in [-0.2, -0.15) is 0 Å². The van der Waals surface area contributed by atoms with Crippen LogP contribution in [0.4, 0.5) is 0 Å². The second-order valence-electron chi connectivity index (χ2n) is 7.75. The molecule has 1 aromatic rings. The van der Waals surface area contributed by atoms with E-state index in [-0.39, 0.29) is 11.3 Å². The molecule has 1 aliphatic carbocycles. The first-order chi connectivity index (χ1) is 11.5. The van der Waals surface area contributed by atoms with E-state index in [4.69, 9.17) is 4.74 Å². The summed E-state index contributed by atoms with van der Waals surface area (Å²) in [5, 5.41) is 0. The van der Waals surface area contributed by atoms with Crippen LogP contribution in [0.1, 0.15) is 48.0 Å². The van der Waals surface area contributed by atoms with Gasteiger partial charge in [0.05, 0.1) is 6.10 Å². The number of likely N-dealkylation sites (tertiary alicyclic amines) is 1. The van der Waals surface area contributed by atoms with E-state index in [0.717, 1.165) is 38.0 Å². The van der Waals surface area contributed by atoms with Gasteiger partial charge in [0, 0.05) is 37.7 Å². The lowest BCUT2D eigenvalue weighted by Crippen LogP contribution is -2.49. The van der Waals surface area contributed by atoms with Crippen LogP contribution in [-0.4, -0.2) is 56.1 Å². The molecule has 0 N–H and O–H groups in total. The van der Waals surface area contributed by atoms with E-state index in [2.05, 4.69) is 15.9 Å². The van der Waals surface area contributed by atoms with Gasteiger partial charge in [0.2, 0.25) is 0 Å². The standard InChI is InChI=1S/C20H30N2O2/c1-21(2)14-16-7-4-8-17(13-16)19(23)22-12-6-11-20(15-22)10-5-9-18(20)24-3/h4,7-8,13,18H,5-6,9-12,14-15H2,1-3H3/t18-,20-/m1/s1. The van der Waals surface area contributed by atoms with Gasteiger partial charge in [0.25, 0.3) is 5.91 Å². The molecule has 1 spiro atoms. The maximum atomic E-state index is 13.0. The predicted molar refractivity (Wildman–Crippen MR) is 96.1 cm³/mol. The lowest BCUT2D eigenvalue weighted by Gasteiger charge is -2.43. The maximum absolute atomic E-state index is 13.0. The zero-order valence-corrected chi connectivity index (χ0v) is 15.3. The van der Waals surface area contributed by atoms with Gasteiger partial charge in [-0.15, -0.1) is 0 Å². The lowest BCUT2D eigenvalue weighted by atomic mass is 9.76. The number of hydrogen-bond donors (Lipinski definition) is 0. The Bertz CT molecular complexity index is 587. The molecule has 2 atom stereocenters. The van der Waals surface area contributed by atoms with E-state index >= 15 is 0 Å². The van der Waals surface area contributed by atoms with Gasteiger partial charge in [-0.25, -0.2) is 0 Å². The Balaban J connectivity index is 1.75. The minimum absolute atomic E-state index is 0.177. The number of ether oxygens (including phenoxy) is 1. The molecule has 1 saturated carbocycles.